The number of rotatable bonds is 5. The minimum atomic E-state index is -0.275. The first kappa shape index (κ1) is 21.3. The molecule has 1 aliphatic heterocycles. The second-order valence-electron chi connectivity index (χ2n) is 8.73. The first-order chi connectivity index (χ1) is 15.6. The summed E-state index contributed by atoms with van der Waals surface area (Å²) in [6, 6.07) is 11.7. The standard InChI is InChI=1S/C26H25ClN2O3/c27-24-10-18(26(31)16-1-4-22(30)5-2-16)3-6-23(24)20-9-19(12-28-13-20)17-7-8-29-25(11-17)21-14-32-15-21/h3,6-13,16,21-22,30H,1-2,4-5,14-15H2. The van der Waals surface area contributed by atoms with Gasteiger partial charge in [-0.2, -0.15) is 0 Å². The molecule has 6 heteroatoms. The van der Waals surface area contributed by atoms with E-state index in [9.17, 15) is 9.90 Å². The summed E-state index contributed by atoms with van der Waals surface area (Å²) in [5.74, 6) is 0.437. The molecular weight excluding hydrogens is 424 g/mol. The molecule has 2 fully saturated rings. The Hall–Kier alpha value is -2.60. The number of aromatic nitrogens is 2. The Morgan fingerprint density at radius 1 is 0.969 bits per heavy atom. The molecule has 32 heavy (non-hydrogen) atoms. The third kappa shape index (κ3) is 4.33. The number of carbonyl (C=O) groups excluding carboxylic acids is 1. The molecule has 2 aliphatic rings. The molecule has 1 saturated carbocycles. The lowest BCUT2D eigenvalue weighted by atomic mass is 9.82. The van der Waals surface area contributed by atoms with Gasteiger partial charge in [-0.05, 0) is 55.5 Å². The van der Waals surface area contributed by atoms with Crippen LogP contribution in [0.3, 0.4) is 0 Å². The van der Waals surface area contributed by atoms with E-state index in [0.717, 1.165) is 54.0 Å². The number of Topliss-reactive ketones (excluding diaryl/α,β-unsaturated/α-hetero) is 1. The number of pyridine rings is 2. The molecule has 1 aromatic carbocycles. The molecule has 0 radical (unpaired) electrons. The molecule has 3 aromatic rings. The Labute approximate surface area is 192 Å². The van der Waals surface area contributed by atoms with Crippen LogP contribution in [0.1, 0.15) is 47.7 Å². The number of nitrogens with zero attached hydrogens (tertiary/aromatic N) is 2. The van der Waals surface area contributed by atoms with Crippen molar-refractivity contribution in [2.24, 2.45) is 5.92 Å². The van der Waals surface area contributed by atoms with Gasteiger partial charge in [0.2, 0.25) is 0 Å². The van der Waals surface area contributed by atoms with E-state index in [0.29, 0.717) is 29.3 Å². The van der Waals surface area contributed by atoms with E-state index in [-0.39, 0.29) is 17.8 Å². The smallest absolute Gasteiger partial charge is 0.165 e. The van der Waals surface area contributed by atoms with Gasteiger partial charge in [0.05, 0.1) is 19.3 Å². The fourth-order valence-corrected chi connectivity index (χ4v) is 4.77. The maximum Gasteiger partial charge on any atom is 0.165 e. The molecule has 0 amide bonds. The molecular formula is C26H25ClN2O3. The van der Waals surface area contributed by atoms with E-state index in [4.69, 9.17) is 16.3 Å². The second kappa shape index (κ2) is 9.10. The molecule has 0 atom stereocenters. The largest absolute Gasteiger partial charge is 0.393 e. The molecule has 0 unspecified atom stereocenters. The number of ketones is 1. The van der Waals surface area contributed by atoms with Crippen molar-refractivity contribution in [3.63, 3.8) is 0 Å². The quantitative estimate of drug-likeness (QED) is 0.535. The Kier molecular flexibility index (Phi) is 6.05. The molecule has 1 N–H and O–H groups in total. The van der Waals surface area contributed by atoms with Gasteiger partial charge < -0.3 is 9.84 Å². The first-order valence-electron chi connectivity index (χ1n) is 11.1. The lowest BCUT2D eigenvalue weighted by molar-refractivity contribution is 0.00674. The highest BCUT2D eigenvalue weighted by Crippen LogP contribution is 2.34. The average Bonchev–Trinajstić information content (AvgIpc) is 2.78. The van der Waals surface area contributed by atoms with Crippen LogP contribution < -0.4 is 0 Å². The van der Waals surface area contributed by atoms with Gasteiger partial charge in [0, 0.05) is 63.4 Å². The van der Waals surface area contributed by atoms with Gasteiger partial charge in [-0.3, -0.25) is 14.8 Å². The highest BCUT2D eigenvalue weighted by molar-refractivity contribution is 6.33. The minimum absolute atomic E-state index is 0.0349. The summed E-state index contributed by atoms with van der Waals surface area (Å²) in [5.41, 5.74) is 5.46. The summed E-state index contributed by atoms with van der Waals surface area (Å²) in [6.07, 6.45) is 8.00. The highest BCUT2D eigenvalue weighted by atomic mass is 35.5. The Balaban J connectivity index is 1.39. The molecule has 2 aromatic heterocycles. The van der Waals surface area contributed by atoms with Crippen LogP contribution in [0.25, 0.3) is 22.3 Å². The van der Waals surface area contributed by atoms with Crippen LogP contribution in [0.2, 0.25) is 5.02 Å². The number of halogens is 1. The zero-order valence-electron chi connectivity index (χ0n) is 17.7. The van der Waals surface area contributed by atoms with Crippen LogP contribution in [0.4, 0.5) is 0 Å². The lowest BCUT2D eigenvalue weighted by Crippen LogP contribution is -2.25. The maximum absolute atomic E-state index is 12.9. The van der Waals surface area contributed by atoms with Gasteiger partial charge in [0.15, 0.2) is 5.78 Å². The normalized spacial score (nSPS) is 21.2. The molecule has 3 heterocycles. The van der Waals surface area contributed by atoms with Crippen molar-refractivity contribution in [1.29, 1.82) is 0 Å². The van der Waals surface area contributed by atoms with Crippen LogP contribution in [-0.4, -0.2) is 40.2 Å². The number of hydrogen-bond acceptors (Lipinski definition) is 5. The van der Waals surface area contributed by atoms with Gasteiger partial charge in [0.1, 0.15) is 0 Å². The van der Waals surface area contributed by atoms with Crippen molar-refractivity contribution in [3.8, 4) is 22.3 Å². The Morgan fingerprint density at radius 2 is 1.75 bits per heavy atom. The van der Waals surface area contributed by atoms with Crippen molar-refractivity contribution >= 4 is 17.4 Å². The number of carbonyl (C=O) groups is 1. The summed E-state index contributed by atoms with van der Waals surface area (Å²) in [5, 5.41) is 10.2. The topological polar surface area (TPSA) is 72.3 Å². The number of hydrogen-bond donors (Lipinski definition) is 1. The predicted octanol–water partition coefficient (Wildman–Crippen LogP) is 5.31. The average molecular weight is 449 g/mol. The molecule has 0 spiro atoms. The fourth-order valence-electron chi connectivity index (χ4n) is 4.48. The number of ether oxygens (including phenoxy) is 1. The molecule has 1 aliphatic carbocycles. The van der Waals surface area contributed by atoms with Gasteiger partial charge in [-0.25, -0.2) is 0 Å². The molecule has 164 valence electrons. The molecule has 5 nitrogen and oxygen atoms in total. The molecule has 5 rings (SSSR count). The van der Waals surface area contributed by atoms with Crippen LogP contribution >= 0.6 is 11.6 Å². The summed E-state index contributed by atoms with van der Waals surface area (Å²) in [7, 11) is 0. The Bertz CT molecular complexity index is 1140. The van der Waals surface area contributed by atoms with Gasteiger partial charge in [-0.1, -0.05) is 23.7 Å². The van der Waals surface area contributed by atoms with E-state index >= 15 is 0 Å². The monoisotopic (exact) mass is 448 g/mol. The van der Waals surface area contributed by atoms with Crippen molar-refractivity contribution in [2.75, 3.05) is 13.2 Å². The first-order valence-corrected chi connectivity index (χ1v) is 11.5. The highest BCUT2D eigenvalue weighted by Gasteiger charge is 2.26. The van der Waals surface area contributed by atoms with E-state index in [1.807, 2.05) is 30.6 Å². The van der Waals surface area contributed by atoms with Crippen molar-refractivity contribution in [1.82, 2.24) is 9.97 Å². The van der Waals surface area contributed by atoms with E-state index in [2.05, 4.69) is 22.1 Å². The van der Waals surface area contributed by atoms with Crippen LogP contribution in [0.15, 0.2) is 55.0 Å². The SMILES string of the molecule is O=C(c1ccc(-c2cncc(-c3ccnc(C4COC4)c3)c2)c(Cl)c1)C1CCC(O)CC1. The summed E-state index contributed by atoms with van der Waals surface area (Å²) in [6.45, 7) is 1.44. The van der Waals surface area contributed by atoms with E-state index in [1.54, 1.807) is 12.3 Å². The van der Waals surface area contributed by atoms with Crippen molar-refractivity contribution in [3.05, 3.63) is 71.3 Å². The van der Waals surface area contributed by atoms with Gasteiger partial charge in [0.25, 0.3) is 0 Å². The summed E-state index contributed by atoms with van der Waals surface area (Å²) in [4.78, 5) is 21.8. The fraction of sp³-hybridized carbons (Fsp3) is 0.346. The van der Waals surface area contributed by atoms with Crippen LogP contribution in [0, 0.1) is 5.92 Å². The number of benzene rings is 1. The maximum atomic E-state index is 12.9. The van der Waals surface area contributed by atoms with Crippen molar-refractivity contribution in [2.45, 2.75) is 37.7 Å². The summed E-state index contributed by atoms with van der Waals surface area (Å²) < 4.78 is 5.29. The summed E-state index contributed by atoms with van der Waals surface area (Å²) >= 11 is 6.62. The third-order valence-corrected chi connectivity index (χ3v) is 6.85. The van der Waals surface area contributed by atoms with Crippen LogP contribution in [-0.2, 0) is 4.74 Å². The minimum Gasteiger partial charge on any atom is -0.393 e. The molecule has 0 bridgehead atoms. The van der Waals surface area contributed by atoms with E-state index < -0.39 is 0 Å². The zero-order chi connectivity index (χ0) is 22.1. The second-order valence-corrected chi connectivity index (χ2v) is 9.14. The lowest BCUT2D eigenvalue weighted by Gasteiger charge is -2.25. The predicted molar refractivity (Wildman–Crippen MR) is 124 cm³/mol. The zero-order valence-corrected chi connectivity index (χ0v) is 18.5. The number of aliphatic hydroxyl groups is 1. The van der Waals surface area contributed by atoms with Gasteiger partial charge >= 0.3 is 0 Å². The van der Waals surface area contributed by atoms with Crippen LogP contribution in [0.5, 0.6) is 0 Å². The molecule has 1 saturated heterocycles. The van der Waals surface area contributed by atoms with Gasteiger partial charge in [-0.15, -0.1) is 0 Å². The third-order valence-electron chi connectivity index (χ3n) is 6.54. The Morgan fingerprint density at radius 3 is 2.47 bits per heavy atom. The number of aliphatic hydroxyl groups excluding tert-OH is 1. The van der Waals surface area contributed by atoms with E-state index in [1.165, 1.54) is 0 Å². The van der Waals surface area contributed by atoms with Crippen molar-refractivity contribution < 1.29 is 14.6 Å².